The molecule has 0 saturated heterocycles. The molecule has 1 aromatic carbocycles. The van der Waals surface area contributed by atoms with Gasteiger partial charge in [0.25, 0.3) is 0 Å². The third-order valence-corrected chi connectivity index (χ3v) is 3.37. The zero-order chi connectivity index (χ0) is 13.4. The first-order chi connectivity index (χ1) is 8.53. The summed E-state index contributed by atoms with van der Waals surface area (Å²) in [5.41, 5.74) is 0.279. The van der Waals surface area contributed by atoms with Crippen LogP contribution in [0.25, 0.3) is 0 Å². The molecule has 102 valence electrons. The molecular weight excluding hydrogens is 290 g/mol. The normalized spacial score (nSPS) is 11.6. The fraction of sp³-hybridized carbons (Fsp3) is 0.600. The molecule has 0 heterocycles. The molecule has 0 radical (unpaired) electrons. The van der Waals surface area contributed by atoms with Crippen molar-refractivity contribution in [2.24, 2.45) is 5.41 Å². The summed E-state index contributed by atoms with van der Waals surface area (Å²) in [6, 6.07) is 7.99. The number of hydrogen-bond acceptors (Lipinski definition) is 2. The van der Waals surface area contributed by atoms with Crippen LogP contribution >= 0.6 is 15.9 Å². The van der Waals surface area contributed by atoms with E-state index in [-0.39, 0.29) is 5.41 Å². The molecule has 0 fully saturated rings. The summed E-state index contributed by atoms with van der Waals surface area (Å²) >= 11 is 3.45. The van der Waals surface area contributed by atoms with E-state index in [1.807, 2.05) is 24.3 Å². The van der Waals surface area contributed by atoms with Gasteiger partial charge in [0.05, 0.1) is 6.61 Å². The quantitative estimate of drug-likeness (QED) is 0.725. The Morgan fingerprint density at radius 2 is 2.11 bits per heavy atom. The maximum Gasteiger partial charge on any atom is 0.120 e. The number of benzene rings is 1. The Kier molecular flexibility index (Phi) is 6.72. The van der Waals surface area contributed by atoms with E-state index in [9.17, 15) is 0 Å². The van der Waals surface area contributed by atoms with E-state index in [0.717, 1.165) is 36.3 Å². The molecule has 0 aliphatic rings. The van der Waals surface area contributed by atoms with Crippen LogP contribution in [-0.4, -0.2) is 19.7 Å². The van der Waals surface area contributed by atoms with Crippen molar-refractivity contribution in [3.05, 3.63) is 28.7 Å². The summed E-state index contributed by atoms with van der Waals surface area (Å²) in [5, 5.41) is 3.47. The Bertz CT molecular complexity index is 352. The van der Waals surface area contributed by atoms with E-state index in [4.69, 9.17) is 4.74 Å². The fourth-order valence-corrected chi connectivity index (χ4v) is 2.07. The number of halogens is 1. The lowest BCUT2D eigenvalue weighted by Crippen LogP contribution is -2.31. The highest BCUT2D eigenvalue weighted by Crippen LogP contribution is 2.22. The van der Waals surface area contributed by atoms with Crippen molar-refractivity contribution in [3.8, 4) is 5.75 Å². The van der Waals surface area contributed by atoms with Gasteiger partial charge in [-0.2, -0.15) is 0 Å². The molecule has 0 bridgehead atoms. The molecular formula is C15H24BrNO. The third-order valence-electron chi connectivity index (χ3n) is 2.87. The van der Waals surface area contributed by atoms with Gasteiger partial charge in [0.2, 0.25) is 0 Å². The van der Waals surface area contributed by atoms with Crippen LogP contribution < -0.4 is 10.1 Å². The van der Waals surface area contributed by atoms with Crippen LogP contribution in [0.3, 0.4) is 0 Å². The van der Waals surface area contributed by atoms with Crippen LogP contribution in [0.1, 0.15) is 33.6 Å². The van der Waals surface area contributed by atoms with E-state index in [0.29, 0.717) is 0 Å². The van der Waals surface area contributed by atoms with Crippen LogP contribution in [-0.2, 0) is 0 Å². The molecule has 0 unspecified atom stereocenters. The van der Waals surface area contributed by atoms with Crippen molar-refractivity contribution in [1.29, 1.82) is 0 Å². The topological polar surface area (TPSA) is 21.3 Å². The summed E-state index contributed by atoms with van der Waals surface area (Å²) in [4.78, 5) is 0. The van der Waals surface area contributed by atoms with Crippen molar-refractivity contribution in [1.82, 2.24) is 5.32 Å². The molecule has 1 aromatic rings. The lowest BCUT2D eigenvalue weighted by Gasteiger charge is -2.25. The van der Waals surface area contributed by atoms with Crippen molar-refractivity contribution in [2.45, 2.75) is 33.6 Å². The van der Waals surface area contributed by atoms with Crippen molar-refractivity contribution < 1.29 is 4.74 Å². The van der Waals surface area contributed by atoms with E-state index < -0.39 is 0 Å². The number of hydrogen-bond donors (Lipinski definition) is 1. The summed E-state index contributed by atoms with van der Waals surface area (Å²) in [7, 11) is 0. The van der Waals surface area contributed by atoms with Crippen molar-refractivity contribution in [2.75, 3.05) is 19.7 Å². The smallest absolute Gasteiger partial charge is 0.120 e. The predicted molar refractivity (Wildman–Crippen MR) is 81.2 cm³/mol. The highest BCUT2D eigenvalue weighted by atomic mass is 79.9. The average molecular weight is 314 g/mol. The molecule has 0 amide bonds. The van der Waals surface area contributed by atoms with Gasteiger partial charge < -0.3 is 10.1 Å². The van der Waals surface area contributed by atoms with Gasteiger partial charge in [-0.05, 0) is 43.0 Å². The first kappa shape index (κ1) is 15.5. The first-order valence-corrected chi connectivity index (χ1v) is 7.42. The van der Waals surface area contributed by atoms with Gasteiger partial charge >= 0.3 is 0 Å². The summed E-state index contributed by atoms with van der Waals surface area (Å²) in [5.74, 6) is 0.932. The molecule has 0 saturated carbocycles. The van der Waals surface area contributed by atoms with Crippen LogP contribution in [0, 0.1) is 5.41 Å². The van der Waals surface area contributed by atoms with E-state index in [1.54, 1.807) is 0 Å². The summed E-state index contributed by atoms with van der Waals surface area (Å²) in [6.45, 7) is 9.64. The van der Waals surface area contributed by atoms with Crippen molar-refractivity contribution in [3.63, 3.8) is 0 Å². The highest BCUT2D eigenvalue weighted by Gasteiger charge is 2.17. The standard InChI is InChI=1S/C15H24BrNO/c1-4-9-17-12-15(2,3)8-10-18-14-7-5-6-13(16)11-14/h5-7,11,17H,4,8-10,12H2,1-3H3. The Balaban J connectivity index is 2.27. The zero-order valence-corrected chi connectivity index (χ0v) is 13.2. The van der Waals surface area contributed by atoms with E-state index in [2.05, 4.69) is 42.0 Å². The average Bonchev–Trinajstić information content (AvgIpc) is 2.29. The SMILES string of the molecule is CCCNCC(C)(C)CCOc1cccc(Br)c1. The van der Waals surface area contributed by atoms with Crippen LogP contribution in [0.5, 0.6) is 5.75 Å². The molecule has 2 nitrogen and oxygen atoms in total. The van der Waals surface area contributed by atoms with Crippen LogP contribution in [0.15, 0.2) is 28.7 Å². The largest absolute Gasteiger partial charge is 0.494 e. The maximum atomic E-state index is 5.77. The molecule has 3 heteroatoms. The predicted octanol–water partition coefficient (Wildman–Crippen LogP) is 4.24. The first-order valence-electron chi connectivity index (χ1n) is 6.62. The number of nitrogens with one attached hydrogen (secondary N) is 1. The maximum absolute atomic E-state index is 5.77. The zero-order valence-electron chi connectivity index (χ0n) is 11.6. The van der Waals surface area contributed by atoms with Gasteiger partial charge in [-0.1, -0.05) is 42.8 Å². The Morgan fingerprint density at radius 1 is 1.33 bits per heavy atom. The number of rotatable bonds is 8. The molecule has 0 aliphatic carbocycles. The molecule has 18 heavy (non-hydrogen) atoms. The minimum Gasteiger partial charge on any atom is -0.494 e. The van der Waals surface area contributed by atoms with Crippen LogP contribution in [0.2, 0.25) is 0 Å². The van der Waals surface area contributed by atoms with Gasteiger partial charge in [-0.3, -0.25) is 0 Å². The molecule has 0 aliphatic heterocycles. The van der Waals surface area contributed by atoms with Crippen molar-refractivity contribution >= 4 is 15.9 Å². The molecule has 0 aromatic heterocycles. The van der Waals surface area contributed by atoms with Gasteiger partial charge in [0.15, 0.2) is 0 Å². The molecule has 1 rings (SSSR count). The minimum atomic E-state index is 0.279. The monoisotopic (exact) mass is 313 g/mol. The Hall–Kier alpha value is -0.540. The van der Waals surface area contributed by atoms with Crippen LogP contribution in [0.4, 0.5) is 0 Å². The second-order valence-corrected chi connectivity index (χ2v) is 6.31. The van der Waals surface area contributed by atoms with Gasteiger partial charge in [-0.15, -0.1) is 0 Å². The summed E-state index contributed by atoms with van der Waals surface area (Å²) < 4.78 is 6.83. The molecule has 0 spiro atoms. The van der Waals surface area contributed by atoms with Gasteiger partial charge in [0, 0.05) is 11.0 Å². The summed E-state index contributed by atoms with van der Waals surface area (Å²) in [6.07, 6.45) is 2.24. The fourth-order valence-electron chi connectivity index (χ4n) is 1.69. The lowest BCUT2D eigenvalue weighted by atomic mass is 9.90. The minimum absolute atomic E-state index is 0.279. The second-order valence-electron chi connectivity index (χ2n) is 5.40. The van der Waals surface area contributed by atoms with Gasteiger partial charge in [-0.25, -0.2) is 0 Å². The van der Waals surface area contributed by atoms with E-state index in [1.165, 1.54) is 6.42 Å². The van der Waals surface area contributed by atoms with E-state index >= 15 is 0 Å². The second kappa shape index (κ2) is 7.80. The third kappa shape index (κ3) is 6.41. The molecule has 0 atom stereocenters. The Morgan fingerprint density at radius 3 is 2.78 bits per heavy atom. The lowest BCUT2D eigenvalue weighted by molar-refractivity contribution is 0.223. The number of ether oxygens (including phenoxy) is 1. The molecule has 1 N–H and O–H groups in total. The van der Waals surface area contributed by atoms with Gasteiger partial charge in [0.1, 0.15) is 5.75 Å². The highest BCUT2D eigenvalue weighted by molar-refractivity contribution is 9.10. The Labute approximate surface area is 119 Å².